The average molecular weight is 566 g/mol. The third-order valence-corrected chi connectivity index (χ3v) is 8.82. The second-order valence-corrected chi connectivity index (χ2v) is 11.4. The number of likely N-dealkylation sites (tertiary alicyclic amines) is 1. The SMILES string of the molecule is COC(=O)C1(c2ccccc2)CCN(CCC(C)(CC(=N)C(=O)c2ccccc2)c2ccc(Cl)c(Cl)c2)CC1. The van der Waals surface area contributed by atoms with Crippen molar-refractivity contribution in [3.8, 4) is 0 Å². The van der Waals surface area contributed by atoms with Crippen molar-refractivity contribution in [1.29, 1.82) is 5.41 Å². The highest BCUT2D eigenvalue weighted by Crippen LogP contribution is 2.39. The lowest BCUT2D eigenvalue weighted by atomic mass is 9.72. The monoisotopic (exact) mass is 564 g/mol. The number of ketones is 1. The Morgan fingerprint density at radius 1 is 0.949 bits per heavy atom. The predicted octanol–water partition coefficient (Wildman–Crippen LogP) is 7.14. The standard InChI is InChI=1S/C32H34Cl2N2O3/c1-31(25-13-14-26(33)27(34)21-25,22-28(35)29(37)23-9-5-3-6-10-23)15-18-36-19-16-32(17-20-36,30(38)39-2)24-11-7-4-8-12-24/h3-14,21,35H,15-20,22H2,1-2H3. The summed E-state index contributed by atoms with van der Waals surface area (Å²) in [6.07, 6.45) is 2.29. The molecule has 4 rings (SSSR count). The molecule has 1 heterocycles. The third kappa shape index (κ3) is 6.43. The molecule has 0 saturated carbocycles. The van der Waals surface area contributed by atoms with Gasteiger partial charge in [0.25, 0.3) is 0 Å². The van der Waals surface area contributed by atoms with Crippen LogP contribution >= 0.6 is 23.2 Å². The van der Waals surface area contributed by atoms with Crippen molar-refractivity contribution in [2.45, 2.75) is 43.4 Å². The summed E-state index contributed by atoms with van der Waals surface area (Å²) in [4.78, 5) is 28.3. The van der Waals surface area contributed by atoms with Crippen LogP contribution in [0, 0.1) is 5.41 Å². The topological polar surface area (TPSA) is 70.5 Å². The molecule has 1 aliphatic rings. The number of carbonyl (C=O) groups excluding carboxylic acids is 2. The largest absolute Gasteiger partial charge is 0.468 e. The second kappa shape index (κ2) is 12.5. The molecule has 0 amide bonds. The van der Waals surface area contributed by atoms with Gasteiger partial charge in [-0.25, -0.2) is 0 Å². The van der Waals surface area contributed by atoms with Gasteiger partial charge in [0.05, 0.1) is 28.3 Å². The van der Waals surface area contributed by atoms with Crippen molar-refractivity contribution < 1.29 is 14.3 Å². The van der Waals surface area contributed by atoms with Gasteiger partial charge < -0.3 is 15.0 Å². The average Bonchev–Trinajstić information content (AvgIpc) is 2.97. The molecule has 39 heavy (non-hydrogen) atoms. The van der Waals surface area contributed by atoms with Gasteiger partial charge in [-0.1, -0.05) is 96.9 Å². The van der Waals surface area contributed by atoms with Crippen LogP contribution in [-0.4, -0.2) is 49.1 Å². The van der Waals surface area contributed by atoms with Crippen LogP contribution in [-0.2, 0) is 20.4 Å². The number of rotatable bonds is 10. The van der Waals surface area contributed by atoms with Crippen molar-refractivity contribution in [2.24, 2.45) is 0 Å². The van der Waals surface area contributed by atoms with Crippen LogP contribution in [0.15, 0.2) is 78.9 Å². The molecule has 0 spiro atoms. The van der Waals surface area contributed by atoms with E-state index in [0.29, 0.717) is 34.9 Å². The molecule has 0 aliphatic carbocycles. The van der Waals surface area contributed by atoms with Crippen LogP contribution in [0.5, 0.6) is 0 Å². The van der Waals surface area contributed by atoms with Crippen LogP contribution in [0.25, 0.3) is 0 Å². The molecule has 0 radical (unpaired) electrons. The smallest absolute Gasteiger partial charge is 0.316 e. The molecule has 1 aliphatic heterocycles. The summed E-state index contributed by atoms with van der Waals surface area (Å²) in [5.41, 5.74) is 1.32. The van der Waals surface area contributed by atoms with E-state index in [1.807, 2.05) is 48.5 Å². The van der Waals surface area contributed by atoms with Crippen LogP contribution in [0.3, 0.4) is 0 Å². The van der Waals surface area contributed by atoms with Crippen LogP contribution in [0.4, 0.5) is 0 Å². The van der Waals surface area contributed by atoms with E-state index in [9.17, 15) is 9.59 Å². The lowest BCUT2D eigenvalue weighted by Gasteiger charge is -2.41. The zero-order chi connectivity index (χ0) is 28.0. The van der Waals surface area contributed by atoms with E-state index < -0.39 is 10.8 Å². The van der Waals surface area contributed by atoms with Crippen molar-refractivity contribution in [2.75, 3.05) is 26.7 Å². The van der Waals surface area contributed by atoms with Gasteiger partial charge in [0.15, 0.2) is 0 Å². The van der Waals surface area contributed by atoms with Crippen molar-refractivity contribution in [3.63, 3.8) is 0 Å². The number of piperidine rings is 1. The number of benzene rings is 3. The Kier molecular flexibility index (Phi) is 9.27. The summed E-state index contributed by atoms with van der Waals surface area (Å²) in [6, 6.07) is 24.4. The van der Waals surface area contributed by atoms with Crippen molar-refractivity contribution in [3.05, 3.63) is 106 Å². The van der Waals surface area contributed by atoms with Crippen LogP contribution < -0.4 is 0 Å². The fourth-order valence-corrected chi connectivity index (χ4v) is 5.87. The maximum absolute atomic E-state index is 13.1. The van der Waals surface area contributed by atoms with Gasteiger partial charge in [-0.3, -0.25) is 9.59 Å². The first-order valence-electron chi connectivity index (χ1n) is 13.2. The molecule has 0 aromatic heterocycles. The number of nitrogens with one attached hydrogen (secondary N) is 1. The van der Waals surface area contributed by atoms with Gasteiger partial charge in [-0.05, 0) is 67.6 Å². The van der Waals surface area contributed by atoms with E-state index in [2.05, 4.69) is 11.8 Å². The fraction of sp³-hybridized carbons (Fsp3) is 0.344. The Balaban J connectivity index is 1.51. The molecule has 5 nitrogen and oxygen atoms in total. The summed E-state index contributed by atoms with van der Waals surface area (Å²) in [5, 5.41) is 9.61. The van der Waals surface area contributed by atoms with E-state index in [4.69, 9.17) is 33.3 Å². The van der Waals surface area contributed by atoms with E-state index in [0.717, 1.165) is 30.8 Å². The van der Waals surface area contributed by atoms with E-state index in [1.165, 1.54) is 7.11 Å². The first kappa shape index (κ1) is 29.0. The molecule has 7 heteroatoms. The zero-order valence-electron chi connectivity index (χ0n) is 22.4. The van der Waals surface area contributed by atoms with E-state index in [-0.39, 0.29) is 23.9 Å². The van der Waals surface area contributed by atoms with E-state index >= 15 is 0 Å². The van der Waals surface area contributed by atoms with Gasteiger partial charge in [0, 0.05) is 12.0 Å². The first-order valence-corrected chi connectivity index (χ1v) is 13.9. The maximum atomic E-state index is 13.1. The number of carbonyl (C=O) groups is 2. The molecular formula is C32H34Cl2N2O3. The number of halogens is 2. The molecular weight excluding hydrogens is 531 g/mol. The Bertz CT molecular complexity index is 1320. The van der Waals surface area contributed by atoms with Gasteiger partial charge in [-0.2, -0.15) is 0 Å². The molecule has 0 bridgehead atoms. The summed E-state index contributed by atoms with van der Waals surface area (Å²) in [5.74, 6) is -0.465. The van der Waals surface area contributed by atoms with Crippen LogP contribution in [0.2, 0.25) is 10.0 Å². The molecule has 3 aromatic rings. The number of methoxy groups -OCH3 is 1. The Morgan fingerprint density at radius 2 is 1.56 bits per heavy atom. The molecule has 1 unspecified atom stereocenters. The summed E-state index contributed by atoms with van der Waals surface area (Å²) in [6.45, 7) is 4.30. The number of hydrogen-bond donors (Lipinski definition) is 1. The zero-order valence-corrected chi connectivity index (χ0v) is 23.9. The highest BCUT2D eigenvalue weighted by molar-refractivity contribution is 6.45. The van der Waals surface area contributed by atoms with Gasteiger partial charge >= 0.3 is 5.97 Å². The number of ether oxygens (including phenoxy) is 1. The molecule has 1 N–H and O–H groups in total. The van der Waals surface area contributed by atoms with Crippen molar-refractivity contribution in [1.82, 2.24) is 4.90 Å². The summed E-state index contributed by atoms with van der Waals surface area (Å²) < 4.78 is 5.24. The molecule has 1 atom stereocenters. The van der Waals surface area contributed by atoms with Gasteiger partial charge in [-0.15, -0.1) is 0 Å². The van der Waals surface area contributed by atoms with Crippen LogP contribution in [0.1, 0.15) is 54.1 Å². The van der Waals surface area contributed by atoms with Gasteiger partial charge in [0.2, 0.25) is 5.78 Å². The lowest BCUT2D eigenvalue weighted by molar-refractivity contribution is -0.149. The van der Waals surface area contributed by atoms with Gasteiger partial charge in [0.1, 0.15) is 0 Å². The fourth-order valence-electron chi connectivity index (χ4n) is 5.57. The summed E-state index contributed by atoms with van der Waals surface area (Å²) in [7, 11) is 1.45. The minimum atomic E-state index is -0.649. The Labute approximate surface area is 240 Å². The number of hydrogen-bond acceptors (Lipinski definition) is 5. The highest BCUT2D eigenvalue weighted by atomic mass is 35.5. The Morgan fingerprint density at radius 3 is 2.15 bits per heavy atom. The normalized spacial score (nSPS) is 16.7. The second-order valence-electron chi connectivity index (χ2n) is 10.6. The quantitative estimate of drug-likeness (QED) is 0.161. The first-order chi connectivity index (χ1) is 18.7. The third-order valence-electron chi connectivity index (χ3n) is 8.09. The lowest BCUT2D eigenvalue weighted by Crippen LogP contribution is -2.48. The van der Waals surface area contributed by atoms with Crippen molar-refractivity contribution >= 4 is 40.7 Å². The minimum Gasteiger partial charge on any atom is -0.468 e. The Hall–Kier alpha value is -2.99. The van der Waals surface area contributed by atoms with E-state index in [1.54, 1.807) is 30.3 Å². The number of nitrogens with zero attached hydrogens (tertiary/aromatic N) is 1. The molecule has 3 aromatic carbocycles. The molecule has 1 saturated heterocycles. The number of Topliss-reactive ketones (excluding diaryl/α,β-unsaturated/α-hetero) is 1. The highest BCUT2D eigenvalue weighted by Gasteiger charge is 2.44. The molecule has 204 valence electrons. The number of esters is 1. The summed E-state index contributed by atoms with van der Waals surface area (Å²) >= 11 is 12.6. The predicted molar refractivity (Wildman–Crippen MR) is 157 cm³/mol. The maximum Gasteiger partial charge on any atom is 0.316 e. The minimum absolute atomic E-state index is 0.0576. The molecule has 1 fully saturated rings.